The molecule has 22 heavy (non-hydrogen) atoms. The van der Waals surface area contributed by atoms with E-state index < -0.39 is 6.29 Å². The van der Waals surface area contributed by atoms with Crippen LogP contribution >= 0.6 is 11.6 Å². The predicted octanol–water partition coefficient (Wildman–Crippen LogP) is 4.83. The van der Waals surface area contributed by atoms with Crippen molar-refractivity contribution >= 4 is 11.6 Å². The van der Waals surface area contributed by atoms with E-state index in [0.29, 0.717) is 11.6 Å². The molecule has 2 aromatic rings. The van der Waals surface area contributed by atoms with Crippen molar-refractivity contribution in [2.75, 3.05) is 14.2 Å². The van der Waals surface area contributed by atoms with Crippen LogP contribution in [0.5, 0.6) is 5.75 Å². The third-order valence-electron chi connectivity index (χ3n) is 3.53. The Labute approximate surface area is 136 Å². The van der Waals surface area contributed by atoms with E-state index in [1.165, 1.54) is 5.56 Å². The van der Waals surface area contributed by atoms with Crippen LogP contribution in [0.3, 0.4) is 0 Å². The first-order chi connectivity index (χ1) is 10.6. The van der Waals surface area contributed by atoms with Crippen molar-refractivity contribution in [1.82, 2.24) is 0 Å². The SMILES string of the molecule is COC(OC)c1c(Cl)cccc1COc1cc(C)ccc1C. The zero-order valence-electron chi connectivity index (χ0n) is 13.4. The second-order valence-electron chi connectivity index (χ2n) is 5.17. The van der Waals surface area contributed by atoms with Crippen molar-refractivity contribution in [3.63, 3.8) is 0 Å². The highest BCUT2D eigenvalue weighted by Gasteiger charge is 2.18. The number of hydrogen-bond acceptors (Lipinski definition) is 3. The van der Waals surface area contributed by atoms with Crippen molar-refractivity contribution in [3.05, 3.63) is 63.7 Å². The van der Waals surface area contributed by atoms with Gasteiger partial charge in [-0.2, -0.15) is 0 Å². The molecule has 0 atom stereocenters. The van der Waals surface area contributed by atoms with Gasteiger partial charge in [-0.1, -0.05) is 35.9 Å². The third-order valence-corrected chi connectivity index (χ3v) is 3.86. The van der Waals surface area contributed by atoms with Gasteiger partial charge < -0.3 is 14.2 Å². The van der Waals surface area contributed by atoms with Gasteiger partial charge in [0.2, 0.25) is 0 Å². The summed E-state index contributed by atoms with van der Waals surface area (Å²) < 4.78 is 16.6. The van der Waals surface area contributed by atoms with E-state index in [2.05, 4.69) is 12.1 Å². The summed E-state index contributed by atoms with van der Waals surface area (Å²) in [6, 6.07) is 11.8. The number of ether oxygens (including phenoxy) is 3. The maximum Gasteiger partial charge on any atom is 0.184 e. The molecule has 0 aliphatic rings. The number of hydrogen-bond donors (Lipinski definition) is 0. The van der Waals surface area contributed by atoms with Crippen LogP contribution in [0.25, 0.3) is 0 Å². The zero-order valence-corrected chi connectivity index (χ0v) is 14.1. The van der Waals surface area contributed by atoms with Gasteiger partial charge in [0, 0.05) is 24.8 Å². The summed E-state index contributed by atoms with van der Waals surface area (Å²) in [5.74, 6) is 0.873. The molecule has 0 N–H and O–H groups in total. The first-order valence-corrected chi connectivity index (χ1v) is 7.47. The smallest absolute Gasteiger partial charge is 0.184 e. The van der Waals surface area contributed by atoms with Crippen molar-refractivity contribution < 1.29 is 14.2 Å². The molecule has 2 aromatic carbocycles. The average Bonchev–Trinajstić information content (AvgIpc) is 2.51. The van der Waals surface area contributed by atoms with E-state index in [1.54, 1.807) is 14.2 Å². The molecular weight excluding hydrogens is 300 g/mol. The average molecular weight is 321 g/mol. The first kappa shape index (κ1) is 16.8. The van der Waals surface area contributed by atoms with Gasteiger partial charge >= 0.3 is 0 Å². The molecule has 0 aliphatic heterocycles. The minimum Gasteiger partial charge on any atom is -0.489 e. The third kappa shape index (κ3) is 3.80. The van der Waals surface area contributed by atoms with E-state index in [0.717, 1.165) is 22.4 Å². The molecule has 0 aromatic heterocycles. The minimum absolute atomic E-state index is 0.406. The quantitative estimate of drug-likeness (QED) is 0.714. The number of methoxy groups -OCH3 is 2. The second-order valence-corrected chi connectivity index (χ2v) is 5.58. The highest BCUT2D eigenvalue weighted by molar-refractivity contribution is 6.31. The highest BCUT2D eigenvalue weighted by Crippen LogP contribution is 2.30. The molecule has 0 saturated heterocycles. The molecule has 0 fully saturated rings. The number of aryl methyl sites for hydroxylation is 2. The van der Waals surface area contributed by atoms with E-state index >= 15 is 0 Å². The molecule has 0 saturated carbocycles. The predicted molar refractivity (Wildman–Crippen MR) is 88.5 cm³/mol. The van der Waals surface area contributed by atoms with Crippen LogP contribution in [0.1, 0.15) is 28.5 Å². The molecule has 4 heteroatoms. The maximum atomic E-state index is 6.30. The van der Waals surface area contributed by atoms with E-state index in [1.807, 2.05) is 38.1 Å². The molecule has 0 bridgehead atoms. The molecule has 0 spiro atoms. The Hall–Kier alpha value is -1.55. The second kappa shape index (κ2) is 7.63. The van der Waals surface area contributed by atoms with Crippen LogP contribution in [0.15, 0.2) is 36.4 Å². The van der Waals surface area contributed by atoms with Gasteiger partial charge in [-0.05, 0) is 42.7 Å². The topological polar surface area (TPSA) is 27.7 Å². The molecule has 0 unspecified atom stereocenters. The van der Waals surface area contributed by atoms with Crippen LogP contribution in [0, 0.1) is 13.8 Å². The number of halogens is 1. The lowest BCUT2D eigenvalue weighted by molar-refractivity contribution is -0.106. The van der Waals surface area contributed by atoms with Crippen molar-refractivity contribution in [2.24, 2.45) is 0 Å². The molecule has 0 heterocycles. The molecule has 2 rings (SSSR count). The van der Waals surface area contributed by atoms with E-state index in [-0.39, 0.29) is 0 Å². The van der Waals surface area contributed by atoms with E-state index in [4.69, 9.17) is 25.8 Å². The molecular formula is C18H21ClO3. The monoisotopic (exact) mass is 320 g/mol. The van der Waals surface area contributed by atoms with Gasteiger partial charge in [0.1, 0.15) is 12.4 Å². The summed E-state index contributed by atoms with van der Waals surface area (Å²) in [5, 5.41) is 0.607. The summed E-state index contributed by atoms with van der Waals surface area (Å²) in [7, 11) is 3.18. The van der Waals surface area contributed by atoms with E-state index in [9.17, 15) is 0 Å². The first-order valence-electron chi connectivity index (χ1n) is 7.09. The van der Waals surface area contributed by atoms with Crippen molar-refractivity contribution in [3.8, 4) is 5.75 Å². The lowest BCUT2D eigenvalue weighted by Gasteiger charge is -2.20. The Bertz CT molecular complexity index is 636. The van der Waals surface area contributed by atoms with Crippen LogP contribution in [-0.2, 0) is 16.1 Å². The van der Waals surface area contributed by atoms with Gasteiger partial charge in [0.15, 0.2) is 6.29 Å². The zero-order chi connectivity index (χ0) is 16.1. The molecule has 0 aliphatic carbocycles. The molecule has 3 nitrogen and oxygen atoms in total. The maximum absolute atomic E-state index is 6.30. The Balaban J connectivity index is 2.26. The van der Waals surface area contributed by atoms with Crippen LogP contribution in [-0.4, -0.2) is 14.2 Å². The van der Waals surface area contributed by atoms with Crippen LogP contribution in [0.4, 0.5) is 0 Å². The van der Waals surface area contributed by atoms with Crippen LogP contribution in [0.2, 0.25) is 5.02 Å². The van der Waals surface area contributed by atoms with Crippen LogP contribution < -0.4 is 4.74 Å². The Morgan fingerprint density at radius 3 is 2.45 bits per heavy atom. The fourth-order valence-electron chi connectivity index (χ4n) is 2.32. The number of benzene rings is 2. The largest absolute Gasteiger partial charge is 0.489 e. The Morgan fingerprint density at radius 2 is 1.77 bits per heavy atom. The normalized spacial score (nSPS) is 11.0. The summed E-state index contributed by atoms with van der Waals surface area (Å²) in [4.78, 5) is 0. The van der Waals surface area contributed by atoms with Gasteiger partial charge in [-0.15, -0.1) is 0 Å². The summed E-state index contributed by atoms with van der Waals surface area (Å²) in [6.07, 6.45) is -0.508. The lowest BCUT2D eigenvalue weighted by Crippen LogP contribution is -2.10. The summed E-state index contributed by atoms with van der Waals surface area (Å²) >= 11 is 6.30. The molecule has 0 radical (unpaired) electrons. The number of rotatable bonds is 6. The van der Waals surface area contributed by atoms with Gasteiger partial charge in [-0.3, -0.25) is 0 Å². The Morgan fingerprint density at radius 1 is 1.05 bits per heavy atom. The minimum atomic E-state index is -0.508. The van der Waals surface area contributed by atoms with Crippen molar-refractivity contribution in [1.29, 1.82) is 0 Å². The highest BCUT2D eigenvalue weighted by atomic mass is 35.5. The fourth-order valence-corrected chi connectivity index (χ4v) is 2.60. The summed E-state index contributed by atoms with van der Waals surface area (Å²) in [6.45, 7) is 4.48. The van der Waals surface area contributed by atoms with Gasteiger partial charge in [0.25, 0.3) is 0 Å². The van der Waals surface area contributed by atoms with Gasteiger partial charge in [0.05, 0.1) is 0 Å². The van der Waals surface area contributed by atoms with Gasteiger partial charge in [-0.25, -0.2) is 0 Å². The standard InChI is InChI=1S/C18H21ClO3/c1-12-8-9-13(2)16(10-12)22-11-14-6-5-7-15(19)17(14)18(20-3)21-4/h5-10,18H,11H2,1-4H3. The summed E-state index contributed by atoms with van der Waals surface area (Å²) in [5.41, 5.74) is 4.02. The Kier molecular flexibility index (Phi) is 5.83. The lowest BCUT2D eigenvalue weighted by atomic mass is 10.1. The fraction of sp³-hybridized carbons (Fsp3) is 0.333. The van der Waals surface area contributed by atoms with Crippen molar-refractivity contribution in [2.45, 2.75) is 26.7 Å². The molecule has 118 valence electrons. The molecule has 0 amide bonds.